The van der Waals surface area contributed by atoms with Crippen molar-refractivity contribution in [3.63, 3.8) is 0 Å². The lowest BCUT2D eigenvalue weighted by Gasteiger charge is -2.36. The number of H-pyrrole nitrogens is 1. The first-order chi connectivity index (χ1) is 13.7. The van der Waals surface area contributed by atoms with Gasteiger partial charge in [-0.3, -0.25) is 5.10 Å². The van der Waals surface area contributed by atoms with Crippen molar-refractivity contribution < 1.29 is 4.39 Å². The maximum Gasteiger partial charge on any atom is 0.128 e. The molecule has 28 heavy (non-hydrogen) atoms. The second-order valence-electron chi connectivity index (χ2n) is 7.10. The van der Waals surface area contributed by atoms with E-state index in [0.717, 1.165) is 56.5 Å². The average molecular weight is 380 g/mol. The van der Waals surface area contributed by atoms with E-state index in [1.165, 1.54) is 23.3 Å². The van der Waals surface area contributed by atoms with E-state index in [0.29, 0.717) is 0 Å². The molecule has 1 saturated heterocycles. The maximum absolute atomic E-state index is 13.1. The fraction of sp³-hybridized carbons (Fsp3) is 0.333. The van der Waals surface area contributed by atoms with Gasteiger partial charge < -0.3 is 15.1 Å². The summed E-state index contributed by atoms with van der Waals surface area (Å²) in [5, 5.41) is 10.5. The fourth-order valence-electron chi connectivity index (χ4n) is 3.48. The number of anilines is 2. The molecule has 0 saturated carbocycles. The summed E-state index contributed by atoms with van der Waals surface area (Å²) in [7, 11) is 0. The Hall–Kier alpha value is -2.93. The Bertz CT molecular complexity index is 899. The Morgan fingerprint density at radius 1 is 1.04 bits per heavy atom. The highest BCUT2D eigenvalue weighted by molar-refractivity contribution is 5.49. The van der Waals surface area contributed by atoms with Crippen LogP contribution in [0.3, 0.4) is 0 Å². The average Bonchev–Trinajstić information content (AvgIpc) is 3.14. The van der Waals surface area contributed by atoms with E-state index >= 15 is 0 Å². The lowest BCUT2D eigenvalue weighted by molar-refractivity contribution is 0.624. The van der Waals surface area contributed by atoms with Crippen LogP contribution in [0.1, 0.15) is 16.8 Å². The number of benzene rings is 1. The molecule has 2 N–H and O–H groups in total. The molecule has 0 unspecified atom stereocenters. The monoisotopic (exact) mass is 380 g/mol. The predicted octanol–water partition coefficient (Wildman–Crippen LogP) is 2.87. The van der Waals surface area contributed by atoms with Gasteiger partial charge in [0.25, 0.3) is 0 Å². The molecule has 6 nitrogen and oxygen atoms in total. The van der Waals surface area contributed by atoms with E-state index in [4.69, 9.17) is 0 Å². The number of nitrogens with zero attached hydrogens (tertiary/aromatic N) is 4. The molecule has 146 valence electrons. The first kappa shape index (κ1) is 18.4. The maximum atomic E-state index is 13.1. The third-order valence-corrected chi connectivity index (χ3v) is 5.18. The molecule has 3 aromatic rings. The molecule has 0 bridgehead atoms. The van der Waals surface area contributed by atoms with Crippen molar-refractivity contribution >= 4 is 11.5 Å². The second kappa shape index (κ2) is 8.39. The molecule has 1 aliphatic heterocycles. The molecule has 0 aliphatic carbocycles. The highest BCUT2D eigenvalue weighted by atomic mass is 19.1. The number of aryl methyl sites for hydroxylation is 1. The van der Waals surface area contributed by atoms with Crippen molar-refractivity contribution in [1.82, 2.24) is 20.5 Å². The Morgan fingerprint density at radius 2 is 1.79 bits per heavy atom. The molecular weight excluding hydrogens is 355 g/mol. The Labute approximate surface area is 164 Å². The predicted molar refractivity (Wildman–Crippen MR) is 109 cm³/mol. The summed E-state index contributed by atoms with van der Waals surface area (Å²) < 4.78 is 13.1. The molecule has 1 aromatic carbocycles. The van der Waals surface area contributed by atoms with Gasteiger partial charge in [0, 0.05) is 62.4 Å². The standard InChI is InChI=1S/C21H25FN6/c1-16-18(15-25-26-16)14-23-13-17-6-7-24-21(12-17)28-10-8-27(9-11-28)20-4-2-19(22)3-5-20/h2-7,12,15,23H,8-11,13-14H2,1H3,(H,25,26). The van der Waals surface area contributed by atoms with Crippen LogP contribution in [0.15, 0.2) is 48.8 Å². The van der Waals surface area contributed by atoms with E-state index in [-0.39, 0.29) is 5.82 Å². The van der Waals surface area contributed by atoms with Crippen LogP contribution in [-0.2, 0) is 13.1 Å². The van der Waals surface area contributed by atoms with Crippen LogP contribution in [0.4, 0.5) is 15.9 Å². The first-order valence-electron chi connectivity index (χ1n) is 9.59. The molecule has 0 radical (unpaired) electrons. The summed E-state index contributed by atoms with van der Waals surface area (Å²) in [6.45, 7) is 7.20. The largest absolute Gasteiger partial charge is 0.368 e. The van der Waals surface area contributed by atoms with Gasteiger partial charge in [-0.15, -0.1) is 0 Å². The number of aromatic amines is 1. The summed E-state index contributed by atoms with van der Waals surface area (Å²) in [5.41, 5.74) is 4.57. The molecule has 2 aromatic heterocycles. The van der Waals surface area contributed by atoms with Gasteiger partial charge in [-0.05, 0) is 48.9 Å². The molecule has 4 rings (SSSR count). The zero-order chi connectivity index (χ0) is 19.3. The quantitative estimate of drug-likeness (QED) is 0.689. The van der Waals surface area contributed by atoms with E-state index in [2.05, 4.69) is 36.4 Å². The number of rotatable bonds is 6. The number of hydrogen-bond donors (Lipinski definition) is 2. The molecule has 1 fully saturated rings. The Kier molecular flexibility index (Phi) is 5.53. The molecule has 0 amide bonds. The van der Waals surface area contributed by atoms with Crippen molar-refractivity contribution in [3.8, 4) is 0 Å². The highest BCUT2D eigenvalue weighted by Gasteiger charge is 2.18. The van der Waals surface area contributed by atoms with E-state index in [1.807, 2.05) is 37.5 Å². The topological polar surface area (TPSA) is 60.1 Å². The van der Waals surface area contributed by atoms with Gasteiger partial charge in [0.05, 0.1) is 6.20 Å². The number of pyridine rings is 1. The number of nitrogens with one attached hydrogen (secondary N) is 2. The fourth-order valence-corrected chi connectivity index (χ4v) is 3.48. The van der Waals surface area contributed by atoms with E-state index in [9.17, 15) is 4.39 Å². The molecular formula is C21H25FN6. The van der Waals surface area contributed by atoms with E-state index < -0.39 is 0 Å². The minimum Gasteiger partial charge on any atom is -0.368 e. The summed E-state index contributed by atoms with van der Waals surface area (Å²) in [6, 6.07) is 10.9. The number of halogens is 1. The van der Waals surface area contributed by atoms with Crippen LogP contribution in [0.5, 0.6) is 0 Å². The third kappa shape index (κ3) is 4.31. The van der Waals surface area contributed by atoms with Crippen LogP contribution < -0.4 is 15.1 Å². The van der Waals surface area contributed by atoms with Gasteiger partial charge in [0.1, 0.15) is 11.6 Å². The van der Waals surface area contributed by atoms with Crippen molar-refractivity contribution in [1.29, 1.82) is 0 Å². The van der Waals surface area contributed by atoms with Crippen molar-refractivity contribution in [2.24, 2.45) is 0 Å². The number of piperazine rings is 1. The van der Waals surface area contributed by atoms with Gasteiger partial charge in [0.15, 0.2) is 0 Å². The van der Waals surface area contributed by atoms with Crippen molar-refractivity contribution in [3.05, 3.63) is 71.4 Å². The lowest BCUT2D eigenvalue weighted by Crippen LogP contribution is -2.46. The van der Waals surface area contributed by atoms with Gasteiger partial charge in [-0.25, -0.2) is 9.37 Å². The normalized spacial score (nSPS) is 14.5. The van der Waals surface area contributed by atoms with Gasteiger partial charge in [-0.2, -0.15) is 5.10 Å². The molecule has 0 spiro atoms. The minimum atomic E-state index is -0.194. The molecule has 7 heteroatoms. The number of aromatic nitrogens is 3. The smallest absolute Gasteiger partial charge is 0.128 e. The zero-order valence-electron chi connectivity index (χ0n) is 16.0. The van der Waals surface area contributed by atoms with Crippen LogP contribution in [-0.4, -0.2) is 41.4 Å². The molecule has 1 aliphatic rings. The Morgan fingerprint density at radius 3 is 2.50 bits per heavy atom. The van der Waals surface area contributed by atoms with Crippen molar-refractivity contribution in [2.45, 2.75) is 20.0 Å². The summed E-state index contributed by atoms with van der Waals surface area (Å²) >= 11 is 0. The Balaban J connectivity index is 1.32. The summed E-state index contributed by atoms with van der Waals surface area (Å²) in [4.78, 5) is 9.16. The lowest BCUT2D eigenvalue weighted by atomic mass is 10.2. The number of hydrogen-bond acceptors (Lipinski definition) is 5. The van der Waals surface area contributed by atoms with Gasteiger partial charge in [0.2, 0.25) is 0 Å². The first-order valence-corrected chi connectivity index (χ1v) is 9.59. The molecule has 3 heterocycles. The van der Waals surface area contributed by atoms with Crippen LogP contribution in [0, 0.1) is 12.7 Å². The van der Waals surface area contributed by atoms with Gasteiger partial charge >= 0.3 is 0 Å². The third-order valence-electron chi connectivity index (χ3n) is 5.18. The zero-order valence-corrected chi connectivity index (χ0v) is 16.0. The van der Waals surface area contributed by atoms with E-state index in [1.54, 1.807) is 0 Å². The van der Waals surface area contributed by atoms with Crippen LogP contribution in [0.2, 0.25) is 0 Å². The second-order valence-corrected chi connectivity index (χ2v) is 7.10. The SMILES string of the molecule is Cc1[nH]ncc1CNCc1ccnc(N2CCN(c3ccc(F)cc3)CC2)c1. The highest BCUT2D eigenvalue weighted by Crippen LogP contribution is 2.20. The minimum absolute atomic E-state index is 0.194. The van der Waals surface area contributed by atoms with Crippen molar-refractivity contribution in [2.75, 3.05) is 36.0 Å². The molecule has 0 atom stereocenters. The summed E-state index contributed by atoms with van der Waals surface area (Å²) in [6.07, 6.45) is 3.74. The van der Waals surface area contributed by atoms with Gasteiger partial charge in [-0.1, -0.05) is 0 Å². The van der Waals surface area contributed by atoms with Crippen LogP contribution >= 0.6 is 0 Å². The summed E-state index contributed by atoms with van der Waals surface area (Å²) in [5.74, 6) is 0.817. The van der Waals surface area contributed by atoms with Crippen LogP contribution in [0.25, 0.3) is 0 Å².